The maximum absolute atomic E-state index is 5.18. The Morgan fingerprint density at radius 3 is 2.90 bits per heavy atom. The monoisotopic (exact) mass is 430 g/mol. The molecule has 0 aromatic rings. The molecule has 0 amide bonds. The molecule has 1 heterocycles. The highest BCUT2D eigenvalue weighted by Crippen LogP contribution is 2.16. The lowest BCUT2D eigenvalue weighted by molar-refractivity contribution is 0.143. The number of methoxy groups -OCH3 is 1. The Kier molecular flexibility index (Phi) is 14.1. The van der Waals surface area contributed by atoms with Gasteiger partial charge in [-0.15, -0.1) is 24.0 Å². The van der Waals surface area contributed by atoms with E-state index < -0.39 is 0 Å². The van der Waals surface area contributed by atoms with E-state index in [4.69, 9.17) is 9.73 Å². The van der Waals surface area contributed by atoms with Crippen molar-refractivity contribution >= 4 is 41.7 Å². The molecule has 0 aromatic heterocycles. The van der Waals surface area contributed by atoms with Crippen LogP contribution in [0.5, 0.6) is 0 Å². The second kappa shape index (κ2) is 13.9. The predicted octanol–water partition coefficient (Wildman–Crippen LogP) is 1.63. The predicted molar refractivity (Wildman–Crippen MR) is 104 cm³/mol. The summed E-state index contributed by atoms with van der Waals surface area (Å²) in [5.41, 5.74) is 0. The fraction of sp³-hybridized carbons (Fsp3) is 0.929. The summed E-state index contributed by atoms with van der Waals surface area (Å²) in [6.45, 7) is 7.86. The van der Waals surface area contributed by atoms with E-state index in [2.05, 4.69) is 28.7 Å². The number of aliphatic imine (C=N–C) groups is 1. The largest absolute Gasteiger partial charge is 0.383 e. The molecular formula is C14H31IN4OS. The highest BCUT2D eigenvalue weighted by atomic mass is 127. The average molecular weight is 430 g/mol. The van der Waals surface area contributed by atoms with Crippen LogP contribution in [0.15, 0.2) is 4.99 Å². The number of thioether (sulfide) groups is 1. The topological polar surface area (TPSA) is 48.9 Å². The Morgan fingerprint density at radius 2 is 2.24 bits per heavy atom. The zero-order valence-electron chi connectivity index (χ0n) is 13.6. The van der Waals surface area contributed by atoms with E-state index in [1.54, 1.807) is 7.11 Å². The van der Waals surface area contributed by atoms with E-state index in [1.807, 2.05) is 11.8 Å². The van der Waals surface area contributed by atoms with Crippen LogP contribution in [0.2, 0.25) is 0 Å². The van der Waals surface area contributed by atoms with Crippen molar-refractivity contribution in [3.63, 3.8) is 0 Å². The van der Waals surface area contributed by atoms with Crippen LogP contribution in [0.1, 0.15) is 19.8 Å². The Labute approximate surface area is 151 Å². The SMILES string of the molecule is CCNC(=NCC1CCCN1CCOC)NCCSC.I. The molecule has 0 bridgehead atoms. The number of rotatable bonds is 9. The summed E-state index contributed by atoms with van der Waals surface area (Å²) in [6, 6.07) is 0.571. The third kappa shape index (κ3) is 9.10. The van der Waals surface area contributed by atoms with Crippen molar-refractivity contribution in [3.8, 4) is 0 Å². The third-order valence-electron chi connectivity index (χ3n) is 3.48. The smallest absolute Gasteiger partial charge is 0.191 e. The lowest BCUT2D eigenvalue weighted by atomic mass is 10.2. The molecule has 21 heavy (non-hydrogen) atoms. The zero-order chi connectivity index (χ0) is 14.6. The maximum atomic E-state index is 5.18. The maximum Gasteiger partial charge on any atom is 0.191 e. The van der Waals surface area contributed by atoms with Crippen LogP contribution in [0.3, 0.4) is 0 Å². The van der Waals surface area contributed by atoms with Gasteiger partial charge in [0.15, 0.2) is 5.96 Å². The summed E-state index contributed by atoms with van der Waals surface area (Å²) in [4.78, 5) is 7.23. The van der Waals surface area contributed by atoms with Gasteiger partial charge in [0, 0.05) is 38.5 Å². The number of likely N-dealkylation sites (tertiary alicyclic amines) is 1. The van der Waals surface area contributed by atoms with Crippen LogP contribution in [0.4, 0.5) is 0 Å². The van der Waals surface area contributed by atoms with Crippen LogP contribution >= 0.6 is 35.7 Å². The molecule has 0 spiro atoms. The number of hydrogen-bond acceptors (Lipinski definition) is 4. The minimum Gasteiger partial charge on any atom is -0.383 e. The Bertz CT molecular complexity index is 282. The van der Waals surface area contributed by atoms with Gasteiger partial charge in [0.05, 0.1) is 13.2 Å². The fourth-order valence-electron chi connectivity index (χ4n) is 2.41. The first kappa shape index (κ1) is 21.3. The first-order chi connectivity index (χ1) is 9.81. The minimum atomic E-state index is 0. The summed E-state index contributed by atoms with van der Waals surface area (Å²) >= 11 is 1.85. The van der Waals surface area contributed by atoms with Gasteiger partial charge in [-0.1, -0.05) is 0 Å². The molecule has 0 aliphatic carbocycles. The summed E-state index contributed by atoms with van der Waals surface area (Å²) < 4.78 is 5.18. The number of nitrogens with zero attached hydrogens (tertiary/aromatic N) is 2. The second-order valence-electron chi connectivity index (χ2n) is 4.96. The van der Waals surface area contributed by atoms with E-state index in [0.29, 0.717) is 6.04 Å². The molecule has 0 aromatic carbocycles. The van der Waals surface area contributed by atoms with Crippen molar-refractivity contribution in [3.05, 3.63) is 0 Å². The van der Waals surface area contributed by atoms with Crippen molar-refractivity contribution in [1.29, 1.82) is 0 Å². The molecular weight excluding hydrogens is 399 g/mol. The van der Waals surface area contributed by atoms with Gasteiger partial charge in [0.25, 0.3) is 0 Å². The van der Waals surface area contributed by atoms with Gasteiger partial charge in [-0.25, -0.2) is 0 Å². The molecule has 1 fully saturated rings. The highest BCUT2D eigenvalue weighted by molar-refractivity contribution is 14.0. The van der Waals surface area contributed by atoms with Crippen molar-refractivity contribution in [2.45, 2.75) is 25.8 Å². The molecule has 7 heteroatoms. The minimum absolute atomic E-state index is 0. The number of nitrogens with one attached hydrogen (secondary N) is 2. The molecule has 1 rings (SSSR count). The molecule has 1 aliphatic heterocycles. The van der Waals surface area contributed by atoms with E-state index in [0.717, 1.165) is 44.5 Å². The lowest BCUT2D eigenvalue weighted by Gasteiger charge is -2.23. The molecule has 126 valence electrons. The van der Waals surface area contributed by atoms with Gasteiger partial charge in [-0.2, -0.15) is 11.8 Å². The normalized spacial score (nSPS) is 19.4. The Morgan fingerprint density at radius 1 is 1.43 bits per heavy atom. The van der Waals surface area contributed by atoms with Gasteiger partial charge in [0.2, 0.25) is 0 Å². The Hall–Kier alpha value is 0.270. The lowest BCUT2D eigenvalue weighted by Crippen LogP contribution is -2.40. The van der Waals surface area contributed by atoms with Crippen LogP contribution in [0, 0.1) is 0 Å². The fourth-order valence-corrected chi connectivity index (χ4v) is 2.72. The number of ether oxygens (including phenoxy) is 1. The van der Waals surface area contributed by atoms with E-state index in [1.165, 1.54) is 19.4 Å². The molecule has 5 nitrogen and oxygen atoms in total. The Balaban J connectivity index is 0.00000400. The summed E-state index contributed by atoms with van der Waals surface area (Å²) in [6.07, 6.45) is 4.65. The van der Waals surface area contributed by atoms with Crippen LogP contribution in [0.25, 0.3) is 0 Å². The van der Waals surface area contributed by atoms with Gasteiger partial charge >= 0.3 is 0 Å². The zero-order valence-corrected chi connectivity index (χ0v) is 16.7. The van der Waals surface area contributed by atoms with Crippen LogP contribution in [-0.2, 0) is 4.74 Å². The molecule has 1 atom stereocenters. The van der Waals surface area contributed by atoms with Crippen LogP contribution in [-0.4, -0.2) is 75.4 Å². The van der Waals surface area contributed by atoms with Gasteiger partial charge < -0.3 is 15.4 Å². The van der Waals surface area contributed by atoms with Gasteiger partial charge in [-0.05, 0) is 32.6 Å². The summed E-state index contributed by atoms with van der Waals surface area (Å²) in [7, 11) is 1.77. The molecule has 2 N–H and O–H groups in total. The number of guanidine groups is 1. The standard InChI is InChI=1S/C14H30N4OS.HI/c1-4-15-14(16-7-11-20-3)17-12-13-6-5-8-18(13)9-10-19-2;/h13H,4-12H2,1-3H3,(H2,15,16,17);1H. The summed E-state index contributed by atoms with van der Waals surface area (Å²) in [5, 5.41) is 6.69. The number of halogens is 1. The van der Waals surface area contributed by atoms with Crippen molar-refractivity contribution < 1.29 is 4.74 Å². The third-order valence-corrected chi connectivity index (χ3v) is 4.10. The average Bonchev–Trinajstić information content (AvgIpc) is 2.90. The first-order valence-electron chi connectivity index (χ1n) is 7.56. The molecule has 1 saturated heterocycles. The number of hydrogen-bond donors (Lipinski definition) is 2. The van der Waals surface area contributed by atoms with Crippen molar-refractivity contribution in [2.75, 3.05) is 58.4 Å². The van der Waals surface area contributed by atoms with Crippen molar-refractivity contribution in [2.24, 2.45) is 4.99 Å². The highest BCUT2D eigenvalue weighted by Gasteiger charge is 2.23. The summed E-state index contributed by atoms with van der Waals surface area (Å²) in [5.74, 6) is 2.05. The first-order valence-corrected chi connectivity index (χ1v) is 8.95. The van der Waals surface area contributed by atoms with E-state index >= 15 is 0 Å². The van der Waals surface area contributed by atoms with Crippen molar-refractivity contribution in [1.82, 2.24) is 15.5 Å². The molecule has 1 unspecified atom stereocenters. The van der Waals surface area contributed by atoms with Crippen LogP contribution < -0.4 is 10.6 Å². The van der Waals surface area contributed by atoms with E-state index in [-0.39, 0.29) is 24.0 Å². The quantitative estimate of drug-likeness (QED) is 0.252. The molecule has 0 saturated carbocycles. The molecule has 1 aliphatic rings. The van der Waals surface area contributed by atoms with Gasteiger partial charge in [-0.3, -0.25) is 9.89 Å². The van der Waals surface area contributed by atoms with Gasteiger partial charge in [0.1, 0.15) is 0 Å². The molecule has 0 radical (unpaired) electrons. The second-order valence-corrected chi connectivity index (χ2v) is 5.95. The van der Waals surface area contributed by atoms with E-state index in [9.17, 15) is 0 Å².